The molecule has 1 heterocycles. The molecule has 4 N–H and O–H groups in total. The molecule has 4 rings (SSSR count). The number of aryl methyl sites for hydroxylation is 2. The van der Waals surface area contributed by atoms with Crippen molar-refractivity contribution in [2.45, 2.75) is 32.9 Å². The summed E-state index contributed by atoms with van der Waals surface area (Å²) in [6.07, 6.45) is 1.57. The lowest BCUT2D eigenvalue weighted by Crippen LogP contribution is -2.06. The Labute approximate surface area is 181 Å². The number of hydrogen-bond acceptors (Lipinski definition) is 4. The summed E-state index contributed by atoms with van der Waals surface area (Å²) >= 11 is 0. The third-order valence-corrected chi connectivity index (χ3v) is 5.45. The van der Waals surface area contributed by atoms with E-state index in [0.717, 1.165) is 40.7 Å². The molecule has 0 radical (unpaired) electrons. The van der Waals surface area contributed by atoms with Crippen LogP contribution in [0.25, 0.3) is 11.0 Å². The van der Waals surface area contributed by atoms with Crippen molar-refractivity contribution in [3.8, 4) is 0 Å². The average molecular weight is 419 g/mol. The quantitative estimate of drug-likeness (QED) is 0.389. The van der Waals surface area contributed by atoms with Crippen LogP contribution in [0.5, 0.6) is 0 Å². The number of fused-ring (bicyclic) bond motifs is 1. The molecule has 5 nitrogen and oxygen atoms in total. The lowest BCUT2D eigenvalue weighted by Gasteiger charge is -2.13. The van der Waals surface area contributed by atoms with Gasteiger partial charge < -0.3 is 20.7 Å². The predicted octanol–water partition coefficient (Wildman–Crippen LogP) is 4.65. The van der Waals surface area contributed by atoms with Gasteiger partial charge in [0.15, 0.2) is 0 Å². The summed E-state index contributed by atoms with van der Waals surface area (Å²) in [5.74, 6) is 0.185. The molecule has 0 saturated carbocycles. The molecule has 0 unspecified atom stereocenters. The summed E-state index contributed by atoms with van der Waals surface area (Å²) in [7, 11) is 0. The van der Waals surface area contributed by atoms with E-state index in [0.29, 0.717) is 19.0 Å². The van der Waals surface area contributed by atoms with E-state index in [4.69, 9.17) is 5.73 Å². The number of aliphatic hydroxyl groups excluding tert-OH is 1. The average Bonchev–Trinajstić information content (AvgIpc) is 3.07. The van der Waals surface area contributed by atoms with Crippen LogP contribution in [0.4, 0.5) is 16.0 Å². The van der Waals surface area contributed by atoms with Gasteiger partial charge in [0.2, 0.25) is 5.95 Å². The van der Waals surface area contributed by atoms with Gasteiger partial charge in [0.25, 0.3) is 0 Å². The molecule has 0 amide bonds. The van der Waals surface area contributed by atoms with E-state index in [1.807, 2.05) is 16.7 Å². The van der Waals surface area contributed by atoms with E-state index < -0.39 is 0 Å². The minimum atomic E-state index is -0.255. The number of halogens is 1. The molecule has 0 saturated heterocycles. The molecule has 0 spiro atoms. The van der Waals surface area contributed by atoms with E-state index in [9.17, 15) is 9.50 Å². The molecular formula is C25H27FN4O. The van der Waals surface area contributed by atoms with Gasteiger partial charge in [-0.3, -0.25) is 0 Å². The number of benzene rings is 3. The first kappa shape index (κ1) is 20.9. The zero-order valence-corrected chi connectivity index (χ0v) is 17.6. The van der Waals surface area contributed by atoms with Crippen molar-refractivity contribution in [2.24, 2.45) is 0 Å². The van der Waals surface area contributed by atoms with Gasteiger partial charge in [-0.2, -0.15) is 0 Å². The van der Waals surface area contributed by atoms with E-state index in [2.05, 4.69) is 41.5 Å². The van der Waals surface area contributed by atoms with Crippen LogP contribution < -0.4 is 11.1 Å². The van der Waals surface area contributed by atoms with Crippen molar-refractivity contribution in [1.29, 1.82) is 0 Å². The zero-order valence-electron chi connectivity index (χ0n) is 17.6. The lowest BCUT2D eigenvalue weighted by atomic mass is 10.0. The fourth-order valence-corrected chi connectivity index (χ4v) is 3.78. The molecule has 3 aromatic carbocycles. The van der Waals surface area contributed by atoms with Crippen molar-refractivity contribution in [2.75, 3.05) is 17.7 Å². The Hall–Kier alpha value is -3.38. The Morgan fingerprint density at radius 2 is 1.81 bits per heavy atom. The van der Waals surface area contributed by atoms with E-state index >= 15 is 0 Å². The molecule has 0 aliphatic heterocycles. The van der Waals surface area contributed by atoms with Crippen LogP contribution in [-0.2, 0) is 19.5 Å². The highest BCUT2D eigenvalue weighted by atomic mass is 19.1. The minimum Gasteiger partial charge on any atom is -0.396 e. The van der Waals surface area contributed by atoms with Crippen LogP contribution >= 0.6 is 0 Å². The smallest absolute Gasteiger partial charge is 0.201 e. The molecule has 31 heavy (non-hydrogen) atoms. The van der Waals surface area contributed by atoms with Gasteiger partial charge in [-0.05, 0) is 72.4 Å². The predicted molar refractivity (Wildman–Crippen MR) is 124 cm³/mol. The monoisotopic (exact) mass is 418 g/mol. The van der Waals surface area contributed by atoms with Crippen molar-refractivity contribution < 1.29 is 9.50 Å². The molecule has 0 aliphatic carbocycles. The highest BCUT2D eigenvalue weighted by Crippen LogP contribution is 2.23. The standard InChI is InChI=1S/C25H27FN4O/c1-17-4-8-20(3-2-12-31)23(13-17)28-15-19-7-11-22-24(14-19)30(25(27)29-22)16-18-5-9-21(26)10-6-18/h4-11,13-14,28,31H,2-3,12,15-16H2,1H3,(H2,27,29). The fourth-order valence-electron chi connectivity index (χ4n) is 3.78. The molecule has 6 heteroatoms. The molecule has 1 aromatic heterocycles. The number of nitrogens with two attached hydrogens (primary N) is 1. The Balaban J connectivity index is 1.57. The third kappa shape index (κ3) is 4.86. The normalized spacial score (nSPS) is 11.2. The first-order chi connectivity index (χ1) is 15.0. The maximum Gasteiger partial charge on any atom is 0.201 e. The number of nitrogens with zero attached hydrogens (tertiary/aromatic N) is 2. The van der Waals surface area contributed by atoms with Gasteiger partial charge >= 0.3 is 0 Å². The highest BCUT2D eigenvalue weighted by molar-refractivity contribution is 5.79. The van der Waals surface area contributed by atoms with Crippen molar-refractivity contribution in [3.63, 3.8) is 0 Å². The first-order valence-electron chi connectivity index (χ1n) is 10.5. The number of nitrogen functional groups attached to an aromatic ring is 1. The summed E-state index contributed by atoms with van der Waals surface area (Å²) in [6, 6.07) is 18.9. The van der Waals surface area contributed by atoms with Crippen LogP contribution in [0.15, 0.2) is 60.7 Å². The summed E-state index contributed by atoms with van der Waals surface area (Å²) in [5.41, 5.74) is 13.5. The zero-order chi connectivity index (χ0) is 21.8. The van der Waals surface area contributed by atoms with Gasteiger partial charge in [-0.25, -0.2) is 9.37 Å². The maximum absolute atomic E-state index is 13.2. The van der Waals surface area contributed by atoms with Crippen LogP contribution in [0.1, 0.15) is 28.7 Å². The van der Waals surface area contributed by atoms with Crippen LogP contribution in [0.3, 0.4) is 0 Å². The largest absolute Gasteiger partial charge is 0.396 e. The number of aliphatic hydroxyl groups is 1. The van der Waals surface area contributed by atoms with Gasteiger partial charge in [-0.15, -0.1) is 0 Å². The van der Waals surface area contributed by atoms with Crippen molar-refractivity contribution in [1.82, 2.24) is 9.55 Å². The molecule has 160 valence electrons. The van der Waals surface area contributed by atoms with Gasteiger partial charge in [0.05, 0.1) is 17.6 Å². The SMILES string of the molecule is Cc1ccc(CCCO)c(NCc2ccc3nc(N)n(Cc4ccc(F)cc4)c3c2)c1. The minimum absolute atomic E-state index is 0.184. The maximum atomic E-state index is 13.2. The Morgan fingerprint density at radius 1 is 1.03 bits per heavy atom. The molecule has 0 atom stereocenters. The van der Waals surface area contributed by atoms with Crippen LogP contribution in [0, 0.1) is 12.7 Å². The molecular weight excluding hydrogens is 391 g/mol. The molecule has 0 bridgehead atoms. The Kier molecular flexibility index (Phi) is 6.18. The number of rotatable bonds is 8. The summed E-state index contributed by atoms with van der Waals surface area (Å²) in [5, 5.41) is 12.7. The fraction of sp³-hybridized carbons (Fsp3) is 0.240. The second-order valence-corrected chi connectivity index (χ2v) is 7.85. The van der Waals surface area contributed by atoms with E-state index in [1.54, 1.807) is 12.1 Å². The van der Waals surface area contributed by atoms with Gasteiger partial charge in [0.1, 0.15) is 5.82 Å². The third-order valence-electron chi connectivity index (χ3n) is 5.45. The second kappa shape index (κ2) is 9.18. The Morgan fingerprint density at radius 3 is 2.58 bits per heavy atom. The summed E-state index contributed by atoms with van der Waals surface area (Å²) in [4.78, 5) is 4.47. The van der Waals surface area contributed by atoms with E-state index in [1.165, 1.54) is 23.3 Å². The molecule has 0 aliphatic rings. The second-order valence-electron chi connectivity index (χ2n) is 7.85. The first-order valence-corrected chi connectivity index (χ1v) is 10.5. The number of imidazole rings is 1. The van der Waals surface area contributed by atoms with Crippen LogP contribution in [-0.4, -0.2) is 21.3 Å². The molecule has 0 fully saturated rings. The topological polar surface area (TPSA) is 76.1 Å². The lowest BCUT2D eigenvalue weighted by molar-refractivity contribution is 0.288. The van der Waals surface area contributed by atoms with Crippen molar-refractivity contribution in [3.05, 3.63) is 88.7 Å². The number of nitrogens with one attached hydrogen (secondary N) is 1. The van der Waals surface area contributed by atoms with Gasteiger partial charge in [0, 0.05) is 18.8 Å². The Bertz CT molecular complexity index is 1180. The number of hydrogen-bond donors (Lipinski definition) is 3. The number of aromatic nitrogens is 2. The number of anilines is 2. The van der Waals surface area contributed by atoms with Crippen LogP contribution in [0.2, 0.25) is 0 Å². The summed E-state index contributed by atoms with van der Waals surface area (Å²) < 4.78 is 15.2. The van der Waals surface area contributed by atoms with E-state index in [-0.39, 0.29) is 12.4 Å². The highest BCUT2D eigenvalue weighted by Gasteiger charge is 2.10. The van der Waals surface area contributed by atoms with Gasteiger partial charge in [-0.1, -0.05) is 30.3 Å². The molecule has 4 aromatic rings. The summed E-state index contributed by atoms with van der Waals surface area (Å²) in [6.45, 7) is 3.45. The van der Waals surface area contributed by atoms with Crippen molar-refractivity contribution >= 4 is 22.7 Å².